The summed E-state index contributed by atoms with van der Waals surface area (Å²) in [5.41, 5.74) is 1.16. The van der Waals surface area contributed by atoms with E-state index in [-0.39, 0.29) is 24.5 Å². The first-order chi connectivity index (χ1) is 14.1. The second-order valence-electron chi connectivity index (χ2n) is 6.72. The van der Waals surface area contributed by atoms with E-state index in [0.717, 1.165) is 0 Å². The highest BCUT2D eigenvalue weighted by Crippen LogP contribution is 2.16. The Labute approximate surface area is 169 Å². The Bertz CT molecular complexity index is 843. The van der Waals surface area contributed by atoms with Crippen molar-refractivity contribution < 1.29 is 23.9 Å². The number of piperidine rings is 1. The number of nitrogens with one attached hydrogen (secondary N) is 1. The van der Waals surface area contributed by atoms with Gasteiger partial charge in [-0.05, 0) is 56.2 Å². The van der Waals surface area contributed by atoms with Gasteiger partial charge in [0.05, 0.1) is 6.61 Å². The molecule has 0 atom stereocenters. The van der Waals surface area contributed by atoms with Gasteiger partial charge in [0.15, 0.2) is 0 Å². The highest BCUT2D eigenvalue weighted by molar-refractivity contribution is 5.95. The summed E-state index contributed by atoms with van der Waals surface area (Å²) in [7, 11) is 0. The van der Waals surface area contributed by atoms with Gasteiger partial charge < -0.3 is 19.7 Å². The van der Waals surface area contributed by atoms with Gasteiger partial charge in [-0.25, -0.2) is 4.79 Å². The van der Waals surface area contributed by atoms with Crippen LogP contribution in [-0.4, -0.2) is 48.6 Å². The van der Waals surface area contributed by atoms with Crippen molar-refractivity contribution >= 4 is 18.0 Å². The highest BCUT2D eigenvalue weighted by Gasteiger charge is 2.24. The van der Waals surface area contributed by atoms with Crippen molar-refractivity contribution in [3.63, 3.8) is 0 Å². The number of carbonyl (C=O) groups is 3. The van der Waals surface area contributed by atoms with E-state index >= 15 is 0 Å². The van der Waals surface area contributed by atoms with E-state index in [0.29, 0.717) is 42.8 Å². The average molecular weight is 396 g/mol. The largest absolute Gasteiger partial charge is 0.513 e. The fraction of sp³-hybridized carbons (Fsp3) is 0.318. The zero-order valence-corrected chi connectivity index (χ0v) is 16.3. The number of hydrogen-bond donors (Lipinski definition) is 1. The maximum atomic E-state index is 12.5. The SMILES string of the molecule is CCOC(=O)Oc1ccc(C(=O)NC2CCN(C(=O)c3ccccc3)CC2)cc1. The molecule has 0 aliphatic carbocycles. The lowest BCUT2D eigenvalue weighted by atomic mass is 10.0. The molecule has 2 aromatic carbocycles. The summed E-state index contributed by atoms with van der Waals surface area (Å²) in [6.45, 7) is 3.13. The molecule has 0 aromatic heterocycles. The Hall–Kier alpha value is -3.35. The molecule has 2 amide bonds. The van der Waals surface area contributed by atoms with Crippen LogP contribution in [0.25, 0.3) is 0 Å². The first-order valence-electron chi connectivity index (χ1n) is 9.66. The molecule has 1 N–H and O–H groups in total. The van der Waals surface area contributed by atoms with E-state index in [1.807, 2.05) is 35.2 Å². The van der Waals surface area contributed by atoms with E-state index in [2.05, 4.69) is 5.32 Å². The molecule has 1 fully saturated rings. The second kappa shape index (κ2) is 9.73. The zero-order valence-electron chi connectivity index (χ0n) is 16.3. The van der Waals surface area contributed by atoms with E-state index in [1.54, 1.807) is 31.2 Å². The van der Waals surface area contributed by atoms with Crippen LogP contribution in [0.2, 0.25) is 0 Å². The molecule has 2 aromatic rings. The molecule has 0 spiro atoms. The number of benzene rings is 2. The quantitative estimate of drug-likeness (QED) is 0.619. The molecule has 29 heavy (non-hydrogen) atoms. The molecule has 152 valence electrons. The summed E-state index contributed by atoms with van der Waals surface area (Å²) < 4.78 is 9.69. The molecule has 1 saturated heterocycles. The summed E-state index contributed by atoms with van der Waals surface area (Å²) in [5.74, 6) is 0.140. The minimum absolute atomic E-state index is 0.0118. The van der Waals surface area contributed by atoms with Crippen LogP contribution in [0.5, 0.6) is 5.75 Å². The van der Waals surface area contributed by atoms with Crippen LogP contribution in [-0.2, 0) is 4.74 Å². The minimum Gasteiger partial charge on any atom is -0.434 e. The summed E-state index contributed by atoms with van der Waals surface area (Å²) >= 11 is 0. The van der Waals surface area contributed by atoms with E-state index in [4.69, 9.17) is 9.47 Å². The molecule has 1 aliphatic heterocycles. The fourth-order valence-corrected chi connectivity index (χ4v) is 3.18. The van der Waals surface area contributed by atoms with Crippen molar-refractivity contribution in [3.05, 3.63) is 65.7 Å². The Morgan fingerprint density at radius 1 is 0.966 bits per heavy atom. The van der Waals surface area contributed by atoms with Crippen LogP contribution < -0.4 is 10.1 Å². The molecule has 3 rings (SSSR count). The van der Waals surface area contributed by atoms with Crippen LogP contribution >= 0.6 is 0 Å². The van der Waals surface area contributed by atoms with Crippen molar-refractivity contribution in [2.45, 2.75) is 25.8 Å². The van der Waals surface area contributed by atoms with Crippen LogP contribution in [0.3, 0.4) is 0 Å². The molecular weight excluding hydrogens is 372 g/mol. The van der Waals surface area contributed by atoms with Crippen LogP contribution in [0.4, 0.5) is 4.79 Å². The predicted molar refractivity (Wildman–Crippen MR) is 107 cm³/mol. The predicted octanol–water partition coefficient (Wildman–Crippen LogP) is 3.26. The molecule has 0 unspecified atom stereocenters. The summed E-state index contributed by atoms with van der Waals surface area (Å²) in [6, 6.07) is 15.5. The lowest BCUT2D eigenvalue weighted by Gasteiger charge is -2.32. The maximum Gasteiger partial charge on any atom is 0.513 e. The molecule has 7 nitrogen and oxygen atoms in total. The number of rotatable bonds is 5. The second-order valence-corrected chi connectivity index (χ2v) is 6.72. The first-order valence-corrected chi connectivity index (χ1v) is 9.66. The number of hydrogen-bond acceptors (Lipinski definition) is 5. The number of carbonyl (C=O) groups excluding carboxylic acids is 3. The molecule has 1 aliphatic rings. The van der Waals surface area contributed by atoms with E-state index in [1.165, 1.54) is 0 Å². The van der Waals surface area contributed by atoms with Gasteiger partial charge in [0, 0.05) is 30.3 Å². The van der Waals surface area contributed by atoms with Crippen molar-refractivity contribution in [2.75, 3.05) is 19.7 Å². The molecule has 0 bridgehead atoms. The van der Waals surface area contributed by atoms with E-state index in [9.17, 15) is 14.4 Å². The normalized spacial score (nSPS) is 14.2. The number of ether oxygens (including phenoxy) is 2. The Kier molecular flexibility index (Phi) is 6.84. The highest BCUT2D eigenvalue weighted by atomic mass is 16.7. The summed E-state index contributed by atoms with van der Waals surface area (Å²) in [5, 5.41) is 3.01. The van der Waals surface area contributed by atoms with E-state index < -0.39 is 6.16 Å². The van der Waals surface area contributed by atoms with Crippen molar-refractivity contribution in [1.82, 2.24) is 10.2 Å². The van der Waals surface area contributed by atoms with Gasteiger partial charge in [-0.15, -0.1) is 0 Å². The molecule has 0 saturated carbocycles. The van der Waals surface area contributed by atoms with Gasteiger partial charge in [-0.1, -0.05) is 18.2 Å². The minimum atomic E-state index is -0.776. The van der Waals surface area contributed by atoms with Gasteiger partial charge in [0.2, 0.25) is 0 Å². The van der Waals surface area contributed by atoms with Gasteiger partial charge in [0.25, 0.3) is 11.8 Å². The summed E-state index contributed by atoms with van der Waals surface area (Å²) in [6.07, 6.45) is 0.629. The smallest absolute Gasteiger partial charge is 0.434 e. The number of likely N-dealkylation sites (tertiary alicyclic amines) is 1. The third-order valence-corrected chi connectivity index (χ3v) is 4.72. The maximum absolute atomic E-state index is 12.5. The van der Waals surface area contributed by atoms with Gasteiger partial charge in [-0.3, -0.25) is 9.59 Å². The van der Waals surface area contributed by atoms with Gasteiger partial charge in [0.1, 0.15) is 5.75 Å². The number of amides is 2. The van der Waals surface area contributed by atoms with Crippen LogP contribution in [0.1, 0.15) is 40.5 Å². The third kappa shape index (κ3) is 5.57. The van der Waals surface area contributed by atoms with Crippen molar-refractivity contribution in [1.29, 1.82) is 0 Å². The summed E-state index contributed by atoms with van der Waals surface area (Å²) in [4.78, 5) is 38.1. The average Bonchev–Trinajstić information content (AvgIpc) is 2.75. The topological polar surface area (TPSA) is 84.9 Å². The zero-order chi connectivity index (χ0) is 20.6. The van der Waals surface area contributed by atoms with Crippen LogP contribution in [0, 0.1) is 0 Å². The lowest BCUT2D eigenvalue weighted by molar-refractivity contribution is 0.0698. The lowest BCUT2D eigenvalue weighted by Crippen LogP contribution is -2.46. The molecule has 1 heterocycles. The van der Waals surface area contributed by atoms with Crippen LogP contribution in [0.15, 0.2) is 54.6 Å². The molecular formula is C22H24N2O5. The molecule has 7 heteroatoms. The Morgan fingerprint density at radius 2 is 1.62 bits per heavy atom. The van der Waals surface area contributed by atoms with Gasteiger partial charge in [-0.2, -0.15) is 0 Å². The Morgan fingerprint density at radius 3 is 2.24 bits per heavy atom. The molecule has 0 radical (unpaired) electrons. The number of nitrogens with zero attached hydrogens (tertiary/aromatic N) is 1. The third-order valence-electron chi connectivity index (χ3n) is 4.72. The monoisotopic (exact) mass is 396 g/mol. The van der Waals surface area contributed by atoms with Crippen molar-refractivity contribution in [2.24, 2.45) is 0 Å². The van der Waals surface area contributed by atoms with Crippen molar-refractivity contribution in [3.8, 4) is 5.75 Å². The standard InChI is InChI=1S/C22H24N2O5/c1-2-28-22(27)29-19-10-8-16(9-11-19)20(25)23-18-12-14-24(15-13-18)21(26)17-6-4-3-5-7-17/h3-11,18H,2,12-15H2,1H3,(H,23,25). The first kappa shape index (κ1) is 20.4. The fourth-order valence-electron chi connectivity index (χ4n) is 3.18. The van der Waals surface area contributed by atoms with Gasteiger partial charge >= 0.3 is 6.16 Å². The Balaban J connectivity index is 1.48.